The molecule has 1 aromatic heterocycles. The molecule has 1 aliphatic heterocycles. The minimum absolute atomic E-state index is 0.0315. The largest absolute Gasteiger partial charge is 0.398 e. The third-order valence-electron chi connectivity index (χ3n) is 4.43. The van der Waals surface area contributed by atoms with Gasteiger partial charge in [-0.15, -0.1) is 22.9 Å². The van der Waals surface area contributed by atoms with E-state index < -0.39 is 40.1 Å². The number of oxime groups is 1. The average molecular weight is 528 g/mol. The maximum Gasteiger partial charge on any atom is 0.362 e. The lowest BCUT2D eigenvalue weighted by Crippen LogP contribution is -2.71. The van der Waals surface area contributed by atoms with Gasteiger partial charge in [0.25, 0.3) is 11.8 Å². The molecular formula is C19H18ClN5O7S2. The Balaban J connectivity index is 1.82. The highest BCUT2D eigenvalue weighted by molar-refractivity contribution is 7.84. The molecule has 15 heteroatoms. The fourth-order valence-electron chi connectivity index (χ4n) is 2.96. The van der Waals surface area contributed by atoms with Crippen LogP contribution in [0.15, 0.2) is 46.9 Å². The first-order valence-corrected chi connectivity index (χ1v) is 12.2. The number of carbonyl (C=O) groups excluding carboxylic acids is 3. The van der Waals surface area contributed by atoms with E-state index in [1.54, 1.807) is 36.4 Å². The molecule has 3 N–H and O–H groups in total. The summed E-state index contributed by atoms with van der Waals surface area (Å²) in [5.41, 5.74) is 0.413. The summed E-state index contributed by atoms with van der Waals surface area (Å²) in [5, 5.41) is 10.0. The molecule has 3 rings (SSSR count). The first-order valence-electron chi connectivity index (χ1n) is 9.43. The highest BCUT2D eigenvalue weighted by atomic mass is 35.5. The molecule has 0 bridgehead atoms. The Bertz CT molecular complexity index is 1250. The van der Waals surface area contributed by atoms with Crippen molar-refractivity contribution >= 4 is 67.9 Å². The number of rotatable bonds is 9. The summed E-state index contributed by atoms with van der Waals surface area (Å²) in [7, 11) is -3.68. The highest BCUT2D eigenvalue weighted by Gasteiger charge is 2.53. The lowest BCUT2D eigenvalue weighted by Gasteiger charge is -2.42. The van der Waals surface area contributed by atoms with Crippen LogP contribution in [0.1, 0.15) is 11.3 Å². The van der Waals surface area contributed by atoms with Crippen molar-refractivity contribution in [3.05, 3.63) is 53.0 Å². The van der Waals surface area contributed by atoms with Crippen molar-refractivity contribution in [1.82, 2.24) is 14.6 Å². The summed E-state index contributed by atoms with van der Waals surface area (Å²) >= 11 is 6.44. The van der Waals surface area contributed by atoms with Crippen LogP contribution in [0.2, 0.25) is 0 Å². The van der Waals surface area contributed by atoms with Crippen LogP contribution < -0.4 is 10.6 Å². The molecule has 2 heterocycles. The number of alkyl halides is 1. The summed E-state index contributed by atoms with van der Waals surface area (Å²) in [6.07, 6.45) is 2.91. The maximum atomic E-state index is 12.9. The predicted molar refractivity (Wildman–Crippen MR) is 125 cm³/mol. The van der Waals surface area contributed by atoms with Crippen LogP contribution in [0.3, 0.4) is 0 Å². The SMILES string of the molecule is CON=C(C(=O)N[C@H]1C(=O)N(S(=O)(=O)O)[C@H]1C=Cc1ccccc1)c1csc(NC(=O)CCl)n1. The number of anilines is 1. The van der Waals surface area contributed by atoms with E-state index in [0.717, 1.165) is 11.3 Å². The molecule has 2 atom stereocenters. The van der Waals surface area contributed by atoms with E-state index >= 15 is 0 Å². The van der Waals surface area contributed by atoms with E-state index in [0.29, 0.717) is 5.56 Å². The second-order valence-electron chi connectivity index (χ2n) is 6.67. The van der Waals surface area contributed by atoms with Gasteiger partial charge in [-0.3, -0.25) is 18.9 Å². The number of thiazole rings is 1. The Morgan fingerprint density at radius 3 is 2.68 bits per heavy atom. The number of benzene rings is 1. The van der Waals surface area contributed by atoms with Gasteiger partial charge in [0.2, 0.25) is 5.91 Å². The zero-order chi connectivity index (χ0) is 24.9. The Labute approximate surface area is 203 Å². The smallest absolute Gasteiger partial charge is 0.362 e. The first-order chi connectivity index (χ1) is 16.2. The third-order valence-corrected chi connectivity index (χ3v) is 6.35. The normalized spacial score (nSPS) is 18.5. The standard InChI is InChI=1S/C19H18ClN5O7S2/c1-32-24-15(12-10-33-19(21-12)22-14(26)9-20)17(27)23-16-13(25(18(16)28)34(29,30)31)8-7-11-5-3-2-4-6-11/h2-8,10,13,16H,9H2,1H3,(H,23,27)(H,21,22,26)(H,29,30,31)/t13-,16+/m0/s1. The van der Waals surface area contributed by atoms with E-state index in [1.807, 2.05) is 0 Å². The van der Waals surface area contributed by atoms with Gasteiger partial charge in [-0.05, 0) is 5.56 Å². The van der Waals surface area contributed by atoms with E-state index in [2.05, 4.69) is 20.8 Å². The van der Waals surface area contributed by atoms with Crippen LogP contribution in [-0.2, 0) is 29.5 Å². The number of halogens is 1. The van der Waals surface area contributed by atoms with Gasteiger partial charge in [0.15, 0.2) is 10.8 Å². The van der Waals surface area contributed by atoms with Gasteiger partial charge in [0.1, 0.15) is 24.7 Å². The third kappa shape index (κ3) is 5.77. The zero-order valence-corrected chi connectivity index (χ0v) is 19.8. The molecule has 1 fully saturated rings. The Kier molecular flexibility index (Phi) is 7.98. The van der Waals surface area contributed by atoms with Crippen LogP contribution in [0.4, 0.5) is 5.13 Å². The molecule has 1 saturated heterocycles. The van der Waals surface area contributed by atoms with Crippen LogP contribution in [0.5, 0.6) is 0 Å². The van der Waals surface area contributed by atoms with Gasteiger partial charge >= 0.3 is 10.3 Å². The van der Waals surface area contributed by atoms with Crippen molar-refractivity contribution < 1.29 is 32.2 Å². The second kappa shape index (κ2) is 10.7. The van der Waals surface area contributed by atoms with Gasteiger partial charge in [-0.2, -0.15) is 8.42 Å². The Morgan fingerprint density at radius 1 is 1.35 bits per heavy atom. The molecule has 0 radical (unpaired) electrons. The Morgan fingerprint density at radius 2 is 2.06 bits per heavy atom. The molecular weight excluding hydrogens is 510 g/mol. The molecule has 1 aliphatic rings. The highest BCUT2D eigenvalue weighted by Crippen LogP contribution is 2.26. The lowest BCUT2D eigenvalue weighted by atomic mass is 9.97. The van der Waals surface area contributed by atoms with Gasteiger partial charge in [0.05, 0.1) is 6.04 Å². The van der Waals surface area contributed by atoms with Crippen molar-refractivity contribution in [3.8, 4) is 0 Å². The molecule has 2 aromatic rings. The number of amides is 3. The molecule has 3 amide bonds. The number of carbonyl (C=O) groups is 3. The number of β-lactam (4-membered cyclic amide) rings is 1. The molecule has 0 spiro atoms. The molecule has 34 heavy (non-hydrogen) atoms. The minimum Gasteiger partial charge on any atom is -0.398 e. The van der Waals surface area contributed by atoms with Crippen LogP contribution in [0.25, 0.3) is 6.08 Å². The van der Waals surface area contributed by atoms with Gasteiger partial charge in [-0.25, -0.2) is 9.29 Å². The quantitative estimate of drug-likeness (QED) is 0.142. The zero-order valence-electron chi connectivity index (χ0n) is 17.4. The summed E-state index contributed by atoms with van der Waals surface area (Å²) in [6, 6.07) is 6.30. The van der Waals surface area contributed by atoms with Crippen molar-refractivity contribution in [2.45, 2.75) is 12.1 Å². The summed E-state index contributed by atoms with van der Waals surface area (Å²) < 4.78 is 33.0. The predicted octanol–water partition coefficient (Wildman–Crippen LogP) is 0.883. The second-order valence-corrected chi connectivity index (χ2v) is 9.08. The van der Waals surface area contributed by atoms with Crippen LogP contribution in [-0.4, -0.2) is 70.8 Å². The van der Waals surface area contributed by atoms with Crippen molar-refractivity contribution in [3.63, 3.8) is 0 Å². The fraction of sp³-hybridized carbons (Fsp3) is 0.211. The number of nitrogens with zero attached hydrogens (tertiary/aromatic N) is 3. The topological polar surface area (TPSA) is 167 Å². The first kappa shape index (κ1) is 25.3. The molecule has 0 unspecified atom stereocenters. The fourth-order valence-corrected chi connectivity index (χ4v) is 4.58. The molecule has 1 aromatic carbocycles. The van der Waals surface area contributed by atoms with Gasteiger partial charge in [-0.1, -0.05) is 47.6 Å². The Hall–Kier alpha value is -3.33. The van der Waals surface area contributed by atoms with E-state index in [9.17, 15) is 27.4 Å². The molecule has 0 aliphatic carbocycles. The molecule has 0 saturated carbocycles. The number of hydrogen-bond donors (Lipinski definition) is 3. The number of aromatic nitrogens is 1. The monoisotopic (exact) mass is 527 g/mol. The van der Waals surface area contributed by atoms with Crippen molar-refractivity contribution in [2.24, 2.45) is 5.16 Å². The molecule has 12 nitrogen and oxygen atoms in total. The van der Waals surface area contributed by atoms with E-state index in [1.165, 1.54) is 18.6 Å². The van der Waals surface area contributed by atoms with Gasteiger partial charge in [0, 0.05) is 5.38 Å². The summed E-state index contributed by atoms with van der Waals surface area (Å²) in [6.45, 7) is 0. The van der Waals surface area contributed by atoms with E-state index in [4.69, 9.17) is 16.4 Å². The number of hydrogen-bond acceptors (Lipinski definition) is 9. The van der Waals surface area contributed by atoms with Crippen LogP contribution >= 0.6 is 22.9 Å². The summed E-state index contributed by atoms with van der Waals surface area (Å²) in [4.78, 5) is 45.5. The number of nitrogens with one attached hydrogen (secondary N) is 2. The average Bonchev–Trinajstić information content (AvgIpc) is 3.25. The van der Waals surface area contributed by atoms with Crippen molar-refractivity contribution in [1.29, 1.82) is 0 Å². The summed E-state index contributed by atoms with van der Waals surface area (Å²) in [5.74, 6) is -2.73. The molecule has 180 valence electrons. The maximum absolute atomic E-state index is 12.9. The van der Waals surface area contributed by atoms with Crippen LogP contribution in [0, 0.1) is 0 Å². The van der Waals surface area contributed by atoms with Gasteiger partial charge < -0.3 is 15.5 Å². The minimum atomic E-state index is -4.87. The van der Waals surface area contributed by atoms with Crippen molar-refractivity contribution in [2.75, 3.05) is 18.3 Å². The lowest BCUT2D eigenvalue weighted by molar-refractivity contribution is -0.142. The van der Waals surface area contributed by atoms with E-state index in [-0.39, 0.29) is 26.7 Å².